The Morgan fingerprint density at radius 1 is 1.15 bits per heavy atom. The second-order valence-electron chi connectivity index (χ2n) is 8.47. The Labute approximate surface area is 158 Å². The lowest BCUT2D eigenvalue weighted by Gasteiger charge is -2.33. The van der Waals surface area contributed by atoms with Crippen molar-refractivity contribution in [3.05, 3.63) is 18.2 Å². The molecule has 0 bridgehead atoms. The molecule has 2 heterocycles. The topological polar surface area (TPSA) is 50.2 Å². The van der Waals surface area contributed by atoms with Gasteiger partial charge in [-0.05, 0) is 46.1 Å². The Morgan fingerprint density at radius 3 is 2.62 bits per heavy atom. The molecule has 1 aliphatic heterocycles. The van der Waals surface area contributed by atoms with Gasteiger partial charge in [0.2, 0.25) is 5.91 Å². The van der Waals surface area contributed by atoms with Crippen LogP contribution in [0.1, 0.15) is 89.4 Å². The van der Waals surface area contributed by atoms with Gasteiger partial charge < -0.3 is 9.88 Å². The molecule has 1 saturated heterocycles. The summed E-state index contributed by atoms with van der Waals surface area (Å²) < 4.78 is 2.28. The Morgan fingerprint density at radius 2 is 1.88 bits per heavy atom. The van der Waals surface area contributed by atoms with Crippen LogP contribution in [0.5, 0.6) is 0 Å². The van der Waals surface area contributed by atoms with Gasteiger partial charge in [-0.3, -0.25) is 9.69 Å². The molecule has 1 aromatic rings. The van der Waals surface area contributed by atoms with Crippen molar-refractivity contribution in [2.45, 2.75) is 89.6 Å². The number of nitrogens with zero attached hydrogens (tertiary/aromatic N) is 3. The Balaban J connectivity index is 1.51. The summed E-state index contributed by atoms with van der Waals surface area (Å²) in [4.78, 5) is 19.5. The highest BCUT2D eigenvalue weighted by Gasteiger charge is 2.26. The number of rotatable bonds is 5. The van der Waals surface area contributed by atoms with Gasteiger partial charge in [-0.25, -0.2) is 4.98 Å². The minimum atomic E-state index is 0.212. The van der Waals surface area contributed by atoms with E-state index in [1.165, 1.54) is 44.3 Å². The summed E-state index contributed by atoms with van der Waals surface area (Å²) >= 11 is 0. The summed E-state index contributed by atoms with van der Waals surface area (Å²) in [6.07, 6.45) is 15.1. The molecule has 146 valence electrons. The van der Waals surface area contributed by atoms with Crippen molar-refractivity contribution in [1.82, 2.24) is 19.8 Å². The van der Waals surface area contributed by atoms with Gasteiger partial charge in [0, 0.05) is 36.9 Å². The minimum Gasteiger partial charge on any atom is -0.352 e. The lowest BCUT2D eigenvalue weighted by Crippen LogP contribution is -2.45. The van der Waals surface area contributed by atoms with Crippen molar-refractivity contribution in [2.75, 3.05) is 19.6 Å². The minimum absolute atomic E-state index is 0.212. The number of imidazole rings is 1. The zero-order valence-corrected chi connectivity index (χ0v) is 16.6. The molecule has 1 atom stereocenters. The fourth-order valence-electron chi connectivity index (χ4n) is 4.56. The monoisotopic (exact) mass is 360 g/mol. The maximum atomic E-state index is 12.6. The lowest BCUT2D eigenvalue weighted by atomic mass is 9.96. The highest BCUT2D eigenvalue weighted by atomic mass is 16.2. The summed E-state index contributed by atoms with van der Waals surface area (Å²) in [5.74, 6) is 1.84. The Kier molecular flexibility index (Phi) is 7.12. The zero-order chi connectivity index (χ0) is 18.4. The van der Waals surface area contributed by atoms with E-state index in [-0.39, 0.29) is 5.91 Å². The smallest absolute Gasteiger partial charge is 0.234 e. The van der Waals surface area contributed by atoms with Gasteiger partial charge >= 0.3 is 0 Å². The Bertz CT molecular complexity index is 560. The van der Waals surface area contributed by atoms with Gasteiger partial charge in [0.1, 0.15) is 5.82 Å². The second-order valence-corrected chi connectivity index (χ2v) is 8.47. The van der Waals surface area contributed by atoms with Crippen LogP contribution in [0, 0.1) is 0 Å². The molecule has 0 radical (unpaired) electrons. The molecule has 1 amide bonds. The fourth-order valence-corrected chi connectivity index (χ4v) is 4.56. The van der Waals surface area contributed by atoms with Gasteiger partial charge in [-0.2, -0.15) is 0 Å². The van der Waals surface area contributed by atoms with Gasteiger partial charge in [0.15, 0.2) is 0 Å². The molecule has 5 nitrogen and oxygen atoms in total. The number of carbonyl (C=O) groups excluding carboxylic acids is 1. The van der Waals surface area contributed by atoms with E-state index in [1.807, 2.05) is 6.20 Å². The number of likely N-dealkylation sites (tertiary alicyclic amines) is 1. The first kappa shape index (κ1) is 19.4. The summed E-state index contributed by atoms with van der Waals surface area (Å²) in [6, 6.07) is 0.828. The van der Waals surface area contributed by atoms with E-state index in [2.05, 4.69) is 39.8 Å². The number of carbonyl (C=O) groups is 1. The maximum absolute atomic E-state index is 12.6. The maximum Gasteiger partial charge on any atom is 0.234 e. The molecule has 1 aliphatic carbocycles. The molecule has 2 fully saturated rings. The second kappa shape index (κ2) is 9.54. The predicted octanol–water partition coefficient (Wildman–Crippen LogP) is 3.87. The molecule has 26 heavy (non-hydrogen) atoms. The van der Waals surface area contributed by atoms with Gasteiger partial charge in [0.25, 0.3) is 0 Å². The lowest BCUT2D eigenvalue weighted by molar-refractivity contribution is -0.123. The number of aromatic nitrogens is 2. The van der Waals surface area contributed by atoms with Crippen LogP contribution in [0.4, 0.5) is 0 Å². The van der Waals surface area contributed by atoms with Crippen molar-refractivity contribution >= 4 is 5.91 Å². The van der Waals surface area contributed by atoms with Crippen molar-refractivity contribution in [3.8, 4) is 0 Å². The predicted molar refractivity (Wildman–Crippen MR) is 105 cm³/mol. The summed E-state index contributed by atoms with van der Waals surface area (Å²) in [5.41, 5.74) is 0. The van der Waals surface area contributed by atoms with Crippen LogP contribution in [0.2, 0.25) is 0 Å². The quantitative estimate of drug-likeness (QED) is 0.867. The molecule has 1 N–H and O–H groups in total. The number of hydrogen-bond donors (Lipinski definition) is 1. The molecule has 1 saturated carbocycles. The van der Waals surface area contributed by atoms with E-state index in [0.717, 1.165) is 32.4 Å². The van der Waals surface area contributed by atoms with Crippen LogP contribution in [-0.4, -0.2) is 46.0 Å². The molecule has 3 rings (SSSR count). The third kappa shape index (κ3) is 5.32. The van der Waals surface area contributed by atoms with Crippen LogP contribution in [0.3, 0.4) is 0 Å². The van der Waals surface area contributed by atoms with Crippen molar-refractivity contribution in [1.29, 1.82) is 0 Å². The van der Waals surface area contributed by atoms with Gasteiger partial charge in [-0.15, -0.1) is 0 Å². The van der Waals surface area contributed by atoms with Crippen molar-refractivity contribution in [2.24, 2.45) is 0 Å². The van der Waals surface area contributed by atoms with E-state index in [4.69, 9.17) is 0 Å². The van der Waals surface area contributed by atoms with Crippen LogP contribution >= 0.6 is 0 Å². The SMILES string of the molecule is CC(C)n1ccnc1C1CCCN(CC(=O)NC2CCCCCCC2)C1. The highest BCUT2D eigenvalue weighted by Crippen LogP contribution is 2.27. The third-order valence-corrected chi connectivity index (χ3v) is 5.96. The largest absolute Gasteiger partial charge is 0.352 e. The average Bonchev–Trinajstić information content (AvgIpc) is 3.07. The molecular weight excluding hydrogens is 324 g/mol. The molecule has 2 aliphatic rings. The number of amides is 1. The van der Waals surface area contributed by atoms with Crippen LogP contribution in [0.25, 0.3) is 0 Å². The fraction of sp³-hybridized carbons (Fsp3) is 0.810. The van der Waals surface area contributed by atoms with Gasteiger partial charge in [-0.1, -0.05) is 32.1 Å². The average molecular weight is 361 g/mol. The number of piperidine rings is 1. The first-order chi connectivity index (χ1) is 12.6. The number of hydrogen-bond acceptors (Lipinski definition) is 3. The molecule has 0 aromatic carbocycles. The molecule has 1 aromatic heterocycles. The van der Waals surface area contributed by atoms with E-state index < -0.39 is 0 Å². The van der Waals surface area contributed by atoms with Crippen LogP contribution in [-0.2, 0) is 4.79 Å². The molecule has 0 spiro atoms. The van der Waals surface area contributed by atoms with E-state index in [0.29, 0.717) is 24.5 Å². The zero-order valence-electron chi connectivity index (χ0n) is 16.6. The summed E-state index contributed by atoms with van der Waals surface area (Å²) in [5, 5.41) is 3.31. The first-order valence-electron chi connectivity index (χ1n) is 10.7. The number of nitrogens with one attached hydrogen (secondary N) is 1. The molecular formula is C21H36N4O. The highest BCUT2D eigenvalue weighted by molar-refractivity contribution is 5.78. The van der Waals surface area contributed by atoms with Crippen LogP contribution in [0.15, 0.2) is 12.4 Å². The van der Waals surface area contributed by atoms with E-state index in [9.17, 15) is 4.79 Å². The first-order valence-corrected chi connectivity index (χ1v) is 10.7. The van der Waals surface area contributed by atoms with Crippen LogP contribution < -0.4 is 5.32 Å². The normalized spacial score (nSPS) is 23.6. The van der Waals surface area contributed by atoms with Gasteiger partial charge in [0.05, 0.1) is 6.54 Å². The third-order valence-electron chi connectivity index (χ3n) is 5.96. The Hall–Kier alpha value is -1.36. The van der Waals surface area contributed by atoms with Crippen molar-refractivity contribution < 1.29 is 4.79 Å². The standard InChI is InChI=1S/C21H36N4O/c1-17(2)25-14-12-22-21(25)18-9-8-13-24(15-18)16-20(26)23-19-10-6-4-3-5-7-11-19/h12,14,17-19H,3-11,13,15-16H2,1-2H3,(H,23,26). The molecule has 1 unspecified atom stereocenters. The summed E-state index contributed by atoms with van der Waals surface area (Å²) in [6.45, 7) is 6.91. The van der Waals surface area contributed by atoms with Crippen molar-refractivity contribution in [3.63, 3.8) is 0 Å². The summed E-state index contributed by atoms with van der Waals surface area (Å²) in [7, 11) is 0. The van der Waals surface area contributed by atoms with E-state index in [1.54, 1.807) is 0 Å². The molecule has 5 heteroatoms. The van der Waals surface area contributed by atoms with E-state index >= 15 is 0 Å².